The van der Waals surface area contributed by atoms with Crippen molar-refractivity contribution in [2.45, 2.75) is 6.61 Å². The summed E-state index contributed by atoms with van der Waals surface area (Å²) in [6.45, 7) is -1.31. The minimum atomic E-state index is -1.03. The average Bonchev–Trinajstić information content (AvgIpc) is 2.27. The Hall–Kier alpha value is -1.55. The Morgan fingerprint density at radius 2 is 2.21 bits per heavy atom. The van der Waals surface area contributed by atoms with Crippen LogP contribution < -0.4 is 5.32 Å². The Morgan fingerprint density at radius 3 is 2.86 bits per heavy atom. The van der Waals surface area contributed by atoms with Gasteiger partial charge in [-0.1, -0.05) is 30.3 Å². The average molecular weight is 196 g/mol. The highest BCUT2D eigenvalue weighted by molar-refractivity contribution is 5.67. The van der Waals surface area contributed by atoms with E-state index in [0.29, 0.717) is 0 Å². The van der Waals surface area contributed by atoms with Crippen LogP contribution in [0.1, 0.15) is 6.93 Å². The number of aliphatic hydroxyl groups excluding tert-OH is 1. The fraction of sp³-hybridized carbons (Fsp3) is 0.300. The second-order valence-corrected chi connectivity index (χ2v) is 2.59. The number of benzene rings is 1. The van der Waals surface area contributed by atoms with Crippen molar-refractivity contribution in [3.8, 4) is 0 Å². The summed E-state index contributed by atoms with van der Waals surface area (Å²) in [4.78, 5) is 11.0. The van der Waals surface area contributed by atoms with Gasteiger partial charge in [-0.15, -0.1) is 0 Å². The van der Waals surface area contributed by atoms with Crippen molar-refractivity contribution in [3.63, 3.8) is 0 Å². The van der Waals surface area contributed by atoms with Crippen molar-refractivity contribution in [1.29, 1.82) is 0 Å². The van der Waals surface area contributed by atoms with Crippen LogP contribution in [-0.2, 0) is 11.3 Å². The van der Waals surface area contributed by atoms with Crippen molar-refractivity contribution in [2.75, 3.05) is 13.1 Å². The van der Waals surface area contributed by atoms with Crippen LogP contribution in [0, 0.1) is 0 Å². The molecule has 0 aliphatic heterocycles. The molecule has 0 saturated carbocycles. The van der Waals surface area contributed by atoms with E-state index in [0.717, 1.165) is 5.56 Å². The molecule has 0 heterocycles. The molecule has 1 atom stereocenters. The van der Waals surface area contributed by atoms with Crippen LogP contribution in [0.15, 0.2) is 30.3 Å². The first kappa shape index (κ1) is 9.02. The highest BCUT2D eigenvalue weighted by atomic mass is 16.5. The lowest BCUT2D eigenvalue weighted by atomic mass is 10.2. The predicted molar refractivity (Wildman–Crippen MR) is 51.7 cm³/mol. The molecule has 1 amide bonds. The smallest absolute Gasteiger partial charge is 0.407 e. The molecule has 0 aliphatic rings. The minimum Gasteiger partial charge on any atom is -0.445 e. The first-order valence-electron chi connectivity index (χ1n) is 4.80. The van der Waals surface area contributed by atoms with Gasteiger partial charge in [-0.2, -0.15) is 0 Å². The van der Waals surface area contributed by atoms with E-state index in [9.17, 15) is 4.79 Å². The molecule has 0 radical (unpaired) electrons. The van der Waals surface area contributed by atoms with Gasteiger partial charge in [-0.05, 0) is 5.56 Å². The first-order valence-corrected chi connectivity index (χ1v) is 4.22. The topological polar surface area (TPSA) is 58.6 Å². The van der Waals surface area contributed by atoms with Crippen LogP contribution in [0.4, 0.5) is 4.79 Å². The predicted octanol–water partition coefficient (Wildman–Crippen LogP) is 0.905. The van der Waals surface area contributed by atoms with Gasteiger partial charge in [0.2, 0.25) is 0 Å². The fourth-order valence-corrected chi connectivity index (χ4v) is 0.894. The molecular weight excluding hydrogens is 182 g/mol. The molecule has 1 rings (SSSR count). The summed E-state index contributed by atoms with van der Waals surface area (Å²) in [5, 5.41) is 10.7. The molecule has 0 spiro atoms. The maximum atomic E-state index is 11.0. The van der Waals surface area contributed by atoms with Crippen LogP contribution in [0.25, 0.3) is 0 Å². The van der Waals surface area contributed by atoms with E-state index in [2.05, 4.69) is 5.32 Å². The number of hydrogen-bond donors (Lipinski definition) is 2. The first-order chi connectivity index (χ1) is 7.22. The number of amides is 1. The van der Waals surface area contributed by atoms with E-state index in [1.54, 1.807) is 0 Å². The third-order valence-corrected chi connectivity index (χ3v) is 1.52. The van der Waals surface area contributed by atoms with E-state index in [4.69, 9.17) is 11.2 Å². The molecule has 4 heteroatoms. The molecular formula is C10H13NO3. The molecule has 1 aromatic carbocycles. The van der Waals surface area contributed by atoms with Gasteiger partial charge in [0.05, 0.1) is 7.98 Å². The third kappa shape index (κ3) is 3.91. The number of hydrogen-bond acceptors (Lipinski definition) is 3. The second-order valence-electron chi connectivity index (χ2n) is 2.59. The summed E-state index contributed by atoms with van der Waals surface area (Å²) < 4.78 is 11.9. The molecule has 4 nitrogen and oxygen atoms in total. The zero-order valence-electron chi connectivity index (χ0n) is 8.64. The standard InChI is InChI=1S/C10H13NO3/c12-7-6-11-10(13)14-8-9-4-2-1-3-5-9/h1-5,12H,6-8H2,(H,11,13)/i6D/t6-/m0/s1. The number of aliphatic hydroxyl groups is 1. The van der Waals surface area contributed by atoms with Crippen LogP contribution in [0.2, 0.25) is 0 Å². The summed E-state index contributed by atoms with van der Waals surface area (Å²) in [5.41, 5.74) is 0.873. The lowest BCUT2D eigenvalue weighted by Gasteiger charge is -2.05. The van der Waals surface area contributed by atoms with Crippen molar-refractivity contribution in [2.24, 2.45) is 0 Å². The summed E-state index contributed by atoms with van der Waals surface area (Å²) in [6, 6.07) is 9.22. The summed E-state index contributed by atoms with van der Waals surface area (Å²) in [5.74, 6) is 0. The summed E-state index contributed by atoms with van der Waals surface area (Å²) in [6.07, 6.45) is -0.701. The Balaban J connectivity index is 2.29. The monoisotopic (exact) mass is 196 g/mol. The fourth-order valence-electron chi connectivity index (χ4n) is 0.894. The Bertz CT molecular complexity index is 305. The van der Waals surface area contributed by atoms with E-state index < -0.39 is 19.2 Å². The van der Waals surface area contributed by atoms with Gasteiger partial charge in [-0.25, -0.2) is 4.79 Å². The SMILES string of the molecule is [2H][C@@H](CO)NC(=O)OCc1ccccc1. The lowest BCUT2D eigenvalue weighted by Crippen LogP contribution is -2.26. The normalized spacial score (nSPS) is 12.8. The van der Waals surface area contributed by atoms with E-state index in [1.165, 1.54) is 0 Å². The number of carbonyl (C=O) groups excluding carboxylic acids is 1. The Kier molecular flexibility index (Phi) is 3.86. The van der Waals surface area contributed by atoms with Crippen molar-refractivity contribution in [3.05, 3.63) is 35.9 Å². The van der Waals surface area contributed by atoms with Crippen LogP contribution in [0.5, 0.6) is 0 Å². The van der Waals surface area contributed by atoms with Crippen molar-refractivity contribution >= 4 is 6.09 Å². The molecule has 0 fully saturated rings. The van der Waals surface area contributed by atoms with Crippen LogP contribution >= 0.6 is 0 Å². The molecule has 1 aromatic rings. The zero-order valence-corrected chi connectivity index (χ0v) is 7.64. The number of carbonyl (C=O) groups is 1. The molecule has 2 N–H and O–H groups in total. The number of nitrogens with one attached hydrogen (secondary N) is 1. The Labute approximate surface area is 83.9 Å². The second kappa shape index (κ2) is 5.99. The van der Waals surface area contributed by atoms with Gasteiger partial charge in [0, 0.05) is 6.52 Å². The lowest BCUT2D eigenvalue weighted by molar-refractivity contribution is 0.137. The molecule has 14 heavy (non-hydrogen) atoms. The highest BCUT2D eigenvalue weighted by Crippen LogP contribution is 2.00. The van der Waals surface area contributed by atoms with Crippen LogP contribution in [0.3, 0.4) is 0 Å². The van der Waals surface area contributed by atoms with E-state index >= 15 is 0 Å². The molecule has 0 aliphatic carbocycles. The van der Waals surface area contributed by atoms with E-state index in [1.807, 2.05) is 30.3 Å². The maximum Gasteiger partial charge on any atom is 0.407 e. The molecule has 0 saturated heterocycles. The molecule has 0 bridgehead atoms. The van der Waals surface area contributed by atoms with E-state index in [-0.39, 0.29) is 6.61 Å². The highest BCUT2D eigenvalue weighted by Gasteiger charge is 2.00. The van der Waals surface area contributed by atoms with Gasteiger partial charge in [-0.3, -0.25) is 0 Å². The number of ether oxygens (including phenoxy) is 1. The van der Waals surface area contributed by atoms with Gasteiger partial charge < -0.3 is 15.2 Å². The minimum absolute atomic E-state index is 0.158. The summed E-state index contributed by atoms with van der Waals surface area (Å²) >= 11 is 0. The number of alkyl carbamates (subject to hydrolysis) is 1. The maximum absolute atomic E-state index is 11.0. The molecule has 0 unspecified atom stereocenters. The quantitative estimate of drug-likeness (QED) is 0.752. The third-order valence-electron chi connectivity index (χ3n) is 1.52. The van der Waals surface area contributed by atoms with Gasteiger partial charge >= 0.3 is 6.09 Å². The zero-order chi connectivity index (χ0) is 11.1. The van der Waals surface area contributed by atoms with Crippen molar-refractivity contribution in [1.82, 2.24) is 5.32 Å². The van der Waals surface area contributed by atoms with Crippen molar-refractivity contribution < 1.29 is 16.0 Å². The molecule has 76 valence electrons. The number of rotatable bonds is 4. The van der Waals surface area contributed by atoms with Gasteiger partial charge in [0.25, 0.3) is 0 Å². The van der Waals surface area contributed by atoms with Crippen LogP contribution in [-0.4, -0.2) is 24.3 Å². The van der Waals surface area contributed by atoms with Gasteiger partial charge in [0.15, 0.2) is 0 Å². The summed E-state index contributed by atoms with van der Waals surface area (Å²) in [7, 11) is 0. The Morgan fingerprint density at radius 1 is 1.50 bits per heavy atom. The largest absolute Gasteiger partial charge is 0.445 e. The molecule has 0 aromatic heterocycles. The van der Waals surface area contributed by atoms with Gasteiger partial charge in [0.1, 0.15) is 6.61 Å².